The number of hydrogen-bond donors (Lipinski definition) is 1. The van der Waals surface area contributed by atoms with Crippen molar-refractivity contribution in [3.05, 3.63) is 56.9 Å². The van der Waals surface area contributed by atoms with Crippen LogP contribution >= 0.6 is 0 Å². The van der Waals surface area contributed by atoms with Crippen LogP contribution in [0.15, 0.2) is 27.5 Å². The molecule has 0 spiro atoms. The Bertz CT molecular complexity index is 1170. The topological polar surface area (TPSA) is 84.4 Å². The SMILES string of the molecule is Cc1ccc2c(C3CCN(CCCc4c(C)nc5n(c4=O)CCCC5O)CC3)noc2c1. The van der Waals surface area contributed by atoms with E-state index >= 15 is 0 Å². The monoisotopic (exact) mass is 436 g/mol. The van der Waals surface area contributed by atoms with Gasteiger partial charge in [-0.3, -0.25) is 9.36 Å². The first-order valence-electron chi connectivity index (χ1n) is 11.9. The minimum atomic E-state index is -0.614. The number of aromatic nitrogens is 3. The number of hydrogen-bond acceptors (Lipinski definition) is 6. The first kappa shape index (κ1) is 21.3. The van der Waals surface area contributed by atoms with Crippen LogP contribution in [0.1, 0.15) is 72.5 Å². The molecule has 4 heterocycles. The number of rotatable bonds is 5. The van der Waals surface area contributed by atoms with Crippen LogP contribution in [0.2, 0.25) is 0 Å². The third kappa shape index (κ3) is 3.99. The molecule has 1 aromatic carbocycles. The Morgan fingerprint density at radius 3 is 2.78 bits per heavy atom. The molecule has 1 atom stereocenters. The van der Waals surface area contributed by atoms with E-state index in [0.717, 1.165) is 79.7 Å². The third-order valence-electron chi connectivity index (χ3n) is 7.19. The molecule has 1 unspecified atom stereocenters. The van der Waals surface area contributed by atoms with E-state index < -0.39 is 6.10 Å². The van der Waals surface area contributed by atoms with Crippen LogP contribution in [0.4, 0.5) is 0 Å². The Morgan fingerprint density at radius 1 is 1.16 bits per heavy atom. The van der Waals surface area contributed by atoms with Crippen molar-refractivity contribution in [2.45, 2.75) is 70.9 Å². The molecule has 170 valence electrons. The van der Waals surface area contributed by atoms with Crippen molar-refractivity contribution in [2.75, 3.05) is 19.6 Å². The van der Waals surface area contributed by atoms with E-state index in [1.807, 2.05) is 6.92 Å². The fourth-order valence-electron chi connectivity index (χ4n) is 5.32. The zero-order valence-electron chi connectivity index (χ0n) is 19.0. The summed E-state index contributed by atoms with van der Waals surface area (Å²) < 4.78 is 7.26. The molecular weight excluding hydrogens is 404 g/mol. The Morgan fingerprint density at radius 2 is 1.97 bits per heavy atom. The fraction of sp³-hybridized carbons (Fsp3) is 0.560. The minimum absolute atomic E-state index is 0.0399. The average molecular weight is 437 g/mol. The molecule has 2 aliphatic heterocycles. The number of nitrogens with zero attached hydrogens (tertiary/aromatic N) is 4. The van der Waals surface area contributed by atoms with E-state index in [1.54, 1.807) is 4.57 Å². The lowest BCUT2D eigenvalue weighted by Gasteiger charge is -2.31. The summed E-state index contributed by atoms with van der Waals surface area (Å²) in [5.74, 6) is 0.985. The van der Waals surface area contributed by atoms with E-state index in [1.165, 1.54) is 5.56 Å². The lowest BCUT2D eigenvalue weighted by molar-refractivity contribution is 0.129. The maximum Gasteiger partial charge on any atom is 0.257 e. The fourth-order valence-corrected chi connectivity index (χ4v) is 5.32. The molecule has 0 amide bonds. The Labute approximate surface area is 188 Å². The van der Waals surface area contributed by atoms with Gasteiger partial charge in [-0.25, -0.2) is 4.98 Å². The first-order valence-corrected chi connectivity index (χ1v) is 11.9. The second-order valence-corrected chi connectivity index (χ2v) is 9.44. The minimum Gasteiger partial charge on any atom is -0.385 e. The summed E-state index contributed by atoms with van der Waals surface area (Å²) in [6, 6.07) is 6.32. The molecule has 1 N–H and O–H groups in total. The van der Waals surface area contributed by atoms with E-state index in [0.29, 0.717) is 24.7 Å². The summed E-state index contributed by atoms with van der Waals surface area (Å²) in [5.41, 5.74) is 4.80. The zero-order chi connectivity index (χ0) is 22.2. The number of benzene rings is 1. The molecule has 0 radical (unpaired) electrons. The lowest BCUT2D eigenvalue weighted by atomic mass is 9.91. The number of fused-ring (bicyclic) bond motifs is 2. The highest BCUT2D eigenvalue weighted by atomic mass is 16.5. The van der Waals surface area contributed by atoms with Crippen molar-refractivity contribution in [2.24, 2.45) is 0 Å². The van der Waals surface area contributed by atoms with Gasteiger partial charge in [-0.15, -0.1) is 0 Å². The number of aryl methyl sites for hydroxylation is 2. The van der Waals surface area contributed by atoms with E-state index in [9.17, 15) is 9.90 Å². The molecule has 3 aromatic rings. The highest BCUT2D eigenvalue weighted by Crippen LogP contribution is 2.33. The quantitative estimate of drug-likeness (QED) is 0.657. The van der Waals surface area contributed by atoms with Crippen LogP contribution in [0, 0.1) is 13.8 Å². The van der Waals surface area contributed by atoms with Gasteiger partial charge >= 0.3 is 0 Å². The van der Waals surface area contributed by atoms with E-state index in [-0.39, 0.29) is 5.56 Å². The summed E-state index contributed by atoms with van der Waals surface area (Å²) in [4.78, 5) is 20.0. The van der Waals surface area contributed by atoms with E-state index in [4.69, 9.17) is 4.52 Å². The standard InChI is InChI=1S/C25H32N4O3/c1-16-7-8-20-22(15-16)32-27-23(20)18-9-13-28(14-10-18)11-3-5-19-17(2)26-24-21(30)6-4-12-29(24)25(19)31/h7-8,15,18,21,30H,3-6,9-14H2,1-2H3. The third-order valence-corrected chi connectivity index (χ3v) is 7.19. The molecule has 32 heavy (non-hydrogen) atoms. The largest absolute Gasteiger partial charge is 0.385 e. The number of piperidine rings is 1. The van der Waals surface area contributed by atoms with Crippen molar-refractivity contribution in [1.82, 2.24) is 19.6 Å². The molecule has 2 aromatic heterocycles. The van der Waals surface area contributed by atoms with Gasteiger partial charge in [-0.05, 0) is 89.7 Å². The Balaban J connectivity index is 1.18. The molecule has 7 nitrogen and oxygen atoms in total. The second-order valence-electron chi connectivity index (χ2n) is 9.44. The molecule has 0 aliphatic carbocycles. The molecule has 0 bridgehead atoms. The van der Waals surface area contributed by atoms with Gasteiger partial charge in [0.25, 0.3) is 5.56 Å². The van der Waals surface area contributed by atoms with Crippen molar-refractivity contribution >= 4 is 11.0 Å². The molecule has 7 heteroatoms. The van der Waals surface area contributed by atoms with E-state index in [2.05, 4.69) is 40.2 Å². The van der Waals surface area contributed by atoms with Crippen molar-refractivity contribution in [1.29, 1.82) is 0 Å². The maximum absolute atomic E-state index is 12.9. The van der Waals surface area contributed by atoms with Gasteiger partial charge in [0.2, 0.25) is 0 Å². The maximum atomic E-state index is 12.9. The summed E-state index contributed by atoms with van der Waals surface area (Å²) in [7, 11) is 0. The molecule has 2 aliphatic rings. The average Bonchev–Trinajstić information content (AvgIpc) is 3.20. The Kier molecular flexibility index (Phi) is 5.86. The van der Waals surface area contributed by atoms with Crippen molar-refractivity contribution < 1.29 is 9.63 Å². The normalized spacial score (nSPS) is 20.0. The first-order chi connectivity index (χ1) is 15.5. The van der Waals surface area contributed by atoms with Gasteiger partial charge in [0, 0.05) is 29.1 Å². The Hall–Kier alpha value is -2.51. The molecule has 1 fully saturated rings. The van der Waals surface area contributed by atoms with Crippen molar-refractivity contribution in [3.63, 3.8) is 0 Å². The number of likely N-dealkylation sites (tertiary alicyclic amines) is 1. The van der Waals surface area contributed by atoms with Crippen LogP contribution in [0.25, 0.3) is 11.0 Å². The van der Waals surface area contributed by atoms with Crippen LogP contribution in [-0.4, -0.2) is 44.3 Å². The molecule has 1 saturated heterocycles. The second kappa shape index (κ2) is 8.79. The van der Waals surface area contributed by atoms with Crippen LogP contribution in [0.3, 0.4) is 0 Å². The summed E-state index contributed by atoms with van der Waals surface area (Å²) >= 11 is 0. The summed E-state index contributed by atoms with van der Waals surface area (Å²) in [6.07, 6.45) is 4.73. The van der Waals surface area contributed by atoms with Gasteiger partial charge in [0.05, 0.1) is 5.69 Å². The zero-order valence-corrected chi connectivity index (χ0v) is 19.0. The molecule has 5 rings (SSSR count). The van der Waals surface area contributed by atoms with Gasteiger partial charge in [0.15, 0.2) is 5.58 Å². The predicted molar refractivity (Wildman–Crippen MR) is 123 cm³/mol. The van der Waals surface area contributed by atoms with Gasteiger partial charge in [-0.2, -0.15) is 0 Å². The smallest absolute Gasteiger partial charge is 0.257 e. The highest BCUT2D eigenvalue weighted by Gasteiger charge is 2.26. The highest BCUT2D eigenvalue weighted by molar-refractivity contribution is 5.80. The number of aliphatic hydroxyl groups is 1. The summed E-state index contributed by atoms with van der Waals surface area (Å²) in [5, 5.41) is 15.7. The predicted octanol–water partition coefficient (Wildman–Crippen LogP) is 3.64. The van der Waals surface area contributed by atoms with Crippen LogP contribution in [-0.2, 0) is 13.0 Å². The molecule has 0 saturated carbocycles. The molecular formula is C25H32N4O3. The van der Waals surface area contributed by atoms with Crippen LogP contribution in [0.5, 0.6) is 0 Å². The van der Waals surface area contributed by atoms with Gasteiger partial charge < -0.3 is 14.5 Å². The summed E-state index contributed by atoms with van der Waals surface area (Å²) in [6.45, 7) is 7.69. The van der Waals surface area contributed by atoms with Gasteiger partial charge in [-0.1, -0.05) is 11.2 Å². The lowest BCUT2D eigenvalue weighted by Crippen LogP contribution is -2.35. The van der Waals surface area contributed by atoms with Crippen LogP contribution < -0.4 is 5.56 Å². The van der Waals surface area contributed by atoms with Gasteiger partial charge in [0.1, 0.15) is 11.9 Å². The number of aliphatic hydroxyl groups excluding tert-OH is 1. The van der Waals surface area contributed by atoms with Crippen molar-refractivity contribution in [3.8, 4) is 0 Å².